The molecule has 24 heavy (non-hydrogen) atoms. The lowest BCUT2D eigenvalue weighted by atomic mass is 10.1. The molecule has 0 unspecified atom stereocenters. The van der Waals surface area contributed by atoms with Gasteiger partial charge >= 0.3 is 12.6 Å². The van der Waals surface area contributed by atoms with E-state index in [0.717, 1.165) is 0 Å². The highest BCUT2D eigenvalue weighted by Gasteiger charge is 2.22. The summed E-state index contributed by atoms with van der Waals surface area (Å²) in [5.41, 5.74) is -0.322. The average Bonchev–Trinajstić information content (AvgIpc) is 2.48. The molecule has 2 aromatic rings. The summed E-state index contributed by atoms with van der Waals surface area (Å²) in [4.78, 5) is 10.8. The Bertz CT molecular complexity index is 868. The van der Waals surface area contributed by atoms with Gasteiger partial charge in [0.2, 0.25) is 0 Å². The number of ether oxygens (including phenoxy) is 1. The molecule has 0 aliphatic rings. The molecule has 0 fully saturated rings. The SMILES string of the molecule is Cc1c(C(=O)O)cccc1S(=O)(=O)Nc1ccccc1OC(F)F. The van der Waals surface area contributed by atoms with Crippen LogP contribution in [-0.2, 0) is 10.0 Å². The number of carboxylic acid groups (broad SMARTS) is 1. The fourth-order valence-electron chi connectivity index (χ4n) is 2.09. The van der Waals surface area contributed by atoms with Crippen LogP contribution in [0.25, 0.3) is 0 Å². The number of carbonyl (C=O) groups is 1. The van der Waals surface area contributed by atoms with Crippen LogP contribution in [-0.4, -0.2) is 26.1 Å². The number of para-hydroxylation sites is 2. The minimum Gasteiger partial charge on any atom is -0.478 e. The molecule has 2 aromatic carbocycles. The molecule has 128 valence electrons. The second-order valence-electron chi connectivity index (χ2n) is 4.71. The summed E-state index contributed by atoms with van der Waals surface area (Å²) in [5.74, 6) is -1.62. The van der Waals surface area contributed by atoms with Crippen molar-refractivity contribution < 1.29 is 31.8 Å². The number of rotatable bonds is 6. The van der Waals surface area contributed by atoms with Gasteiger partial charge < -0.3 is 9.84 Å². The van der Waals surface area contributed by atoms with Crippen molar-refractivity contribution in [1.82, 2.24) is 0 Å². The lowest BCUT2D eigenvalue weighted by molar-refractivity contribution is -0.0493. The minimum atomic E-state index is -4.20. The third-order valence-corrected chi connectivity index (χ3v) is 4.66. The maximum absolute atomic E-state index is 12.5. The number of anilines is 1. The monoisotopic (exact) mass is 357 g/mol. The molecule has 0 atom stereocenters. The lowest BCUT2D eigenvalue weighted by Crippen LogP contribution is -2.17. The van der Waals surface area contributed by atoms with Gasteiger partial charge in [-0.25, -0.2) is 13.2 Å². The van der Waals surface area contributed by atoms with Crippen LogP contribution in [0.5, 0.6) is 5.75 Å². The van der Waals surface area contributed by atoms with E-state index in [1.165, 1.54) is 49.4 Å². The van der Waals surface area contributed by atoms with E-state index in [0.29, 0.717) is 0 Å². The van der Waals surface area contributed by atoms with Crippen LogP contribution >= 0.6 is 0 Å². The molecule has 0 radical (unpaired) electrons. The second kappa shape index (κ2) is 6.83. The number of carboxylic acids is 1. The zero-order valence-corrected chi connectivity index (χ0v) is 13.2. The topological polar surface area (TPSA) is 92.7 Å². The number of sulfonamides is 1. The van der Waals surface area contributed by atoms with E-state index in [9.17, 15) is 22.0 Å². The molecular weight excluding hydrogens is 344 g/mol. The Labute approximate surface area is 136 Å². The van der Waals surface area contributed by atoms with Crippen LogP contribution in [0.2, 0.25) is 0 Å². The van der Waals surface area contributed by atoms with Crippen molar-refractivity contribution >= 4 is 21.7 Å². The van der Waals surface area contributed by atoms with Gasteiger partial charge in [0.05, 0.1) is 16.1 Å². The summed E-state index contributed by atoms with van der Waals surface area (Å²) in [5, 5.41) is 9.07. The Kier molecular flexibility index (Phi) is 5.03. The van der Waals surface area contributed by atoms with E-state index < -0.39 is 22.6 Å². The molecule has 2 N–H and O–H groups in total. The normalized spacial score (nSPS) is 11.3. The van der Waals surface area contributed by atoms with E-state index in [2.05, 4.69) is 9.46 Å². The molecule has 6 nitrogen and oxygen atoms in total. The maximum Gasteiger partial charge on any atom is 0.387 e. The van der Waals surface area contributed by atoms with Gasteiger partial charge in [-0.05, 0) is 36.8 Å². The van der Waals surface area contributed by atoms with Crippen molar-refractivity contribution in [2.75, 3.05) is 4.72 Å². The van der Waals surface area contributed by atoms with Gasteiger partial charge in [-0.2, -0.15) is 8.78 Å². The van der Waals surface area contributed by atoms with Crippen LogP contribution in [0.1, 0.15) is 15.9 Å². The first-order chi connectivity index (χ1) is 11.2. The predicted molar refractivity (Wildman–Crippen MR) is 82.0 cm³/mol. The minimum absolute atomic E-state index is 0.0322. The van der Waals surface area contributed by atoms with Crippen LogP contribution in [0.15, 0.2) is 47.4 Å². The fourth-order valence-corrected chi connectivity index (χ4v) is 3.43. The summed E-state index contributed by atoms with van der Waals surface area (Å²) in [6, 6.07) is 9.07. The number of halogens is 2. The first-order valence-electron chi connectivity index (χ1n) is 6.62. The number of benzene rings is 2. The van der Waals surface area contributed by atoms with E-state index in [4.69, 9.17) is 5.11 Å². The molecule has 0 bridgehead atoms. The Balaban J connectivity index is 2.44. The molecule has 0 aromatic heterocycles. The van der Waals surface area contributed by atoms with Crippen molar-refractivity contribution in [1.29, 1.82) is 0 Å². The highest BCUT2D eigenvalue weighted by Crippen LogP contribution is 2.29. The number of alkyl halides is 2. The lowest BCUT2D eigenvalue weighted by Gasteiger charge is -2.14. The van der Waals surface area contributed by atoms with Crippen molar-refractivity contribution in [3.05, 3.63) is 53.6 Å². The van der Waals surface area contributed by atoms with Crippen LogP contribution in [0, 0.1) is 6.92 Å². The summed E-state index contributed by atoms with van der Waals surface area (Å²) < 4.78 is 56.2. The number of hydrogen-bond donors (Lipinski definition) is 2. The summed E-state index contributed by atoms with van der Waals surface area (Å²) in [6.07, 6.45) is 0. The molecule has 2 rings (SSSR count). The van der Waals surface area contributed by atoms with E-state index >= 15 is 0 Å². The Morgan fingerprint density at radius 3 is 2.46 bits per heavy atom. The number of nitrogens with one attached hydrogen (secondary N) is 1. The second-order valence-corrected chi connectivity index (χ2v) is 6.36. The molecule has 9 heteroatoms. The van der Waals surface area contributed by atoms with Gasteiger partial charge in [-0.15, -0.1) is 0 Å². The van der Waals surface area contributed by atoms with Crippen molar-refractivity contribution in [2.24, 2.45) is 0 Å². The summed E-state index contributed by atoms with van der Waals surface area (Å²) in [6.45, 7) is -1.77. The zero-order valence-electron chi connectivity index (χ0n) is 12.4. The molecule has 0 aliphatic carbocycles. The van der Waals surface area contributed by atoms with E-state index in [1.807, 2.05) is 0 Å². The third-order valence-electron chi connectivity index (χ3n) is 3.15. The molecule has 0 saturated heterocycles. The van der Waals surface area contributed by atoms with Gasteiger partial charge in [0, 0.05) is 0 Å². The van der Waals surface area contributed by atoms with Gasteiger partial charge in [0.25, 0.3) is 10.0 Å². The Morgan fingerprint density at radius 1 is 1.17 bits per heavy atom. The van der Waals surface area contributed by atoms with Gasteiger partial charge in [-0.3, -0.25) is 4.72 Å². The molecule has 0 aliphatic heterocycles. The first-order valence-corrected chi connectivity index (χ1v) is 8.10. The van der Waals surface area contributed by atoms with Crippen molar-refractivity contribution in [3.8, 4) is 5.75 Å². The Morgan fingerprint density at radius 2 is 1.83 bits per heavy atom. The standard InChI is InChI=1S/C15H13F2NO5S/c1-9-10(14(19)20)5-4-8-13(9)24(21,22)18-11-6-2-3-7-12(11)23-15(16)17/h2-8,15,18H,1H3,(H,19,20). The van der Waals surface area contributed by atoms with Crippen molar-refractivity contribution in [3.63, 3.8) is 0 Å². The van der Waals surface area contributed by atoms with E-state index in [-0.39, 0.29) is 27.5 Å². The van der Waals surface area contributed by atoms with Crippen LogP contribution < -0.4 is 9.46 Å². The largest absolute Gasteiger partial charge is 0.478 e. The predicted octanol–water partition coefficient (Wildman–Crippen LogP) is 3.10. The highest BCUT2D eigenvalue weighted by atomic mass is 32.2. The molecular formula is C15H13F2NO5S. The maximum atomic E-state index is 12.5. The number of aromatic carboxylic acids is 1. The van der Waals surface area contributed by atoms with E-state index in [1.54, 1.807) is 0 Å². The third kappa shape index (κ3) is 3.80. The zero-order chi connectivity index (χ0) is 17.9. The highest BCUT2D eigenvalue weighted by molar-refractivity contribution is 7.92. The van der Waals surface area contributed by atoms with Crippen molar-refractivity contribution in [2.45, 2.75) is 18.4 Å². The Hall–Kier alpha value is -2.68. The molecule has 0 spiro atoms. The quantitative estimate of drug-likeness (QED) is 0.829. The van der Waals surface area contributed by atoms with Gasteiger partial charge in [0.15, 0.2) is 0 Å². The van der Waals surface area contributed by atoms with Gasteiger partial charge in [-0.1, -0.05) is 18.2 Å². The molecule has 0 heterocycles. The first kappa shape index (κ1) is 17.7. The summed E-state index contributed by atoms with van der Waals surface area (Å²) >= 11 is 0. The van der Waals surface area contributed by atoms with Crippen LogP contribution in [0.4, 0.5) is 14.5 Å². The number of hydrogen-bond acceptors (Lipinski definition) is 4. The smallest absolute Gasteiger partial charge is 0.387 e. The average molecular weight is 357 g/mol. The summed E-state index contributed by atoms with van der Waals surface area (Å²) in [7, 11) is -4.20. The van der Waals surface area contributed by atoms with Crippen LogP contribution in [0.3, 0.4) is 0 Å². The van der Waals surface area contributed by atoms with Gasteiger partial charge in [0.1, 0.15) is 5.75 Å². The fraction of sp³-hybridized carbons (Fsp3) is 0.133. The molecule has 0 saturated carbocycles. The molecule has 0 amide bonds.